The van der Waals surface area contributed by atoms with E-state index in [0.717, 1.165) is 33.9 Å². The third kappa shape index (κ3) is 6.80. The van der Waals surface area contributed by atoms with E-state index in [0.29, 0.717) is 12.1 Å². The zero-order valence-corrected chi connectivity index (χ0v) is 17.4. The van der Waals surface area contributed by atoms with Crippen LogP contribution in [-0.2, 0) is 14.4 Å². The molecule has 0 heterocycles. The second-order valence-electron chi connectivity index (χ2n) is 6.46. The highest BCUT2D eigenvalue weighted by Gasteiger charge is 2.19. The number of benzene rings is 2. The van der Waals surface area contributed by atoms with Gasteiger partial charge in [-0.2, -0.15) is 0 Å². The van der Waals surface area contributed by atoms with E-state index in [2.05, 4.69) is 10.6 Å². The second kappa shape index (κ2) is 10.5. The Hall–Kier alpha value is -3.06. The van der Waals surface area contributed by atoms with Crippen LogP contribution in [0.25, 0.3) is 0 Å². The van der Waals surface area contributed by atoms with Gasteiger partial charge in [0.15, 0.2) is 0 Å². The zero-order valence-electron chi connectivity index (χ0n) is 16.6. The maximum Gasteiger partial charge on any atom is 0.328 e. The number of hydrogen-bond acceptors (Lipinski definition) is 4. The Labute approximate surface area is 174 Å². The van der Waals surface area contributed by atoms with Gasteiger partial charge in [0.05, 0.1) is 5.25 Å². The van der Waals surface area contributed by atoms with E-state index in [1.807, 2.05) is 45.0 Å². The number of para-hydroxylation sites is 1. The lowest BCUT2D eigenvalue weighted by Gasteiger charge is -2.17. The van der Waals surface area contributed by atoms with Gasteiger partial charge in [0.2, 0.25) is 11.8 Å². The van der Waals surface area contributed by atoms with Gasteiger partial charge in [-0.15, -0.1) is 11.8 Å². The van der Waals surface area contributed by atoms with E-state index in [4.69, 9.17) is 5.11 Å². The molecular formula is C22H24N2O4S. The highest BCUT2D eigenvalue weighted by Crippen LogP contribution is 2.29. The van der Waals surface area contributed by atoms with Gasteiger partial charge in [0.25, 0.3) is 0 Å². The van der Waals surface area contributed by atoms with Crippen LogP contribution in [0.5, 0.6) is 0 Å². The summed E-state index contributed by atoms with van der Waals surface area (Å²) in [5.41, 5.74) is 3.39. The molecule has 29 heavy (non-hydrogen) atoms. The Morgan fingerprint density at radius 1 is 1.03 bits per heavy atom. The number of anilines is 2. The number of carboxylic acids is 1. The fraction of sp³-hybridized carbons (Fsp3) is 0.227. The fourth-order valence-corrected chi connectivity index (χ4v) is 3.69. The molecule has 1 atom stereocenters. The molecule has 2 amide bonds. The maximum atomic E-state index is 12.8. The molecule has 0 saturated carbocycles. The minimum absolute atomic E-state index is 0.0752. The van der Waals surface area contributed by atoms with E-state index < -0.39 is 11.9 Å². The van der Waals surface area contributed by atoms with Gasteiger partial charge in [-0.3, -0.25) is 9.59 Å². The molecule has 0 spiro atoms. The first kappa shape index (κ1) is 22.2. The van der Waals surface area contributed by atoms with Crippen LogP contribution in [0.15, 0.2) is 59.5 Å². The van der Waals surface area contributed by atoms with Crippen molar-refractivity contribution < 1.29 is 19.5 Å². The molecule has 2 aromatic rings. The van der Waals surface area contributed by atoms with Gasteiger partial charge in [-0.05, 0) is 49.6 Å². The number of hydrogen-bond donors (Lipinski definition) is 3. The van der Waals surface area contributed by atoms with Crippen molar-refractivity contribution in [2.24, 2.45) is 0 Å². The van der Waals surface area contributed by atoms with Crippen molar-refractivity contribution in [3.63, 3.8) is 0 Å². The third-order valence-electron chi connectivity index (χ3n) is 4.15. The van der Waals surface area contributed by atoms with Crippen LogP contribution >= 0.6 is 11.8 Å². The molecule has 6 nitrogen and oxygen atoms in total. The first-order valence-corrected chi connectivity index (χ1v) is 10.0. The van der Waals surface area contributed by atoms with Crippen molar-refractivity contribution in [2.75, 3.05) is 10.6 Å². The quantitative estimate of drug-likeness (QED) is 0.441. The Bertz CT molecular complexity index is 920. The lowest BCUT2D eigenvalue weighted by atomic mass is 10.1. The summed E-state index contributed by atoms with van der Waals surface area (Å²) >= 11 is 1.41. The molecule has 2 rings (SSSR count). The van der Waals surface area contributed by atoms with E-state index in [1.165, 1.54) is 11.8 Å². The van der Waals surface area contributed by atoms with Crippen LogP contribution in [0, 0.1) is 13.8 Å². The average molecular weight is 413 g/mol. The molecule has 2 aromatic carbocycles. The van der Waals surface area contributed by atoms with Crippen LogP contribution in [0.1, 0.15) is 24.5 Å². The van der Waals surface area contributed by atoms with Crippen molar-refractivity contribution >= 4 is 40.9 Å². The first-order valence-electron chi connectivity index (χ1n) is 9.16. The summed E-state index contributed by atoms with van der Waals surface area (Å²) in [6.45, 7) is 5.87. The molecular weight excluding hydrogens is 388 g/mol. The van der Waals surface area contributed by atoms with Gasteiger partial charge in [-0.1, -0.05) is 31.2 Å². The summed E-state index contributed by atoms with van der Waals surface area (Å²) in [6, 6.07) is 13.0. The number of aliphatic carboxylic acids is 1. The van der Waals surface area contributed by atoms with Gasteiger partial charge >= 0.3 is 5.97 Å². The molecule has 0 aromatic heterocycles. The van der Waals surface area contributed by atoms with Gasteiger partial charge < -0.3 is 15.7 Å². The Kier molecular flexibility index (Phi) is 8.03. The summed E-state index contributed by atoms with van der Waals surface area (Å²) in [4.78, 5) is 35.9. The lowest BCUT2D eigenvalue weighted by Crippen LogP contribution is -2.25. The van der Waals surface area contributed by atoms with Crippen LogP contribution in [0.3, 0.4) is 0 Å². The smallest absolute Gasteiger partial charge is 0.328 e. The number of carbonyl (C=O) groups is 3. The number of thioether (sulfide) groups is 1. The number of nitrogens with one attached hydrogen (secondary N) is 2. The Morgan fingerprint density at radius 2 is 1.69 bits per heavy atom. The van der Waals surface area contributed by atoms with Crippen molar-refractivity contribution in [2.45, 2.75) is 37.3 Å². The van der Waals surface area contributed by atoms with E-state index in [9.17, 15) is 14.4 Å². The van der Waals surface area contributed by atoms with E-state index in [-0.39, 0.29) is 11.2 Å². The third-order valence-corrected chi connectivity index (χ3v) is 5.51. The number of rotatable bonds is 8. The molecule has 3 N–H and O–H groups in total. The maximum absolute atomic E-state index is 12.8. The van der Waals surface area contributed by atoms with Crippen molar-refractivity contribution in [3.05, 3.63) is 65.7 Å². The average Bonchev–Trinajstić information content (AvgIpc) is 2.67. The highest BCUT2D eigenvalue weighted by molar-refractivity contribution is 8.00. The van der Waals surface area contributed by atoms with Crippen LogP contribution < -0.4 is 10.6 Å². The summed E-state index contributed by atoms with van der Waals surface area (Å²) in [5.74, 6) is -1.80. The molecule has 1 unspecified atom stereocenters. The fourth-order valence-electron chi connectivity index (χ4n) is 2.68. The van der Waals surface area contributed by atoms with Crippen LogP contribution in [-0.4, -0.2) is 28.1 Å². The highest BCUT2D eigenvalue weighted by atomic mass is 32.2. The molecule has 0 aliphatic heterocycles. The predicted molar refractivity (Wildman–Crippen MR) is 116 cm³/mol. The van der Waals surface area contributed by atoms with E-state index >= 15 is 0 Å². The van der Waals surface area contributed by atoms with Crippen LogP contribution in [0.4, 0.5) is 11.4 Å². The SMILES string of the molecule is CCC(Sc1cccc(NC(=O)/C=C/C(=O)O)c1)C(=O)Nc1c(C)cccc1C. The largest absolute Gasteiger partial charge is 0.478 e. The summed E-state index contributed by atoms with van der Waals surface area (Å²) in [6.07, 6.45) is 2.37. The number of amides is 2. The van der Waals surface area contributed by atoms with Crippen LogP contribution in [0.2, 0.25) is 0 Å². The molecule has 0 aliphatic carbocycles. The summed E-state index contributed by atoms with van der Waals surface area (Å²) in [5, 5.41) is 13.9. The molecule has 0 aliphatic rings. The molecule has 0 fully saturated rings. The topological polar surface area (TPSA) is 95.5 Å². The van der Waals surface area contributed by atoms with Gasteiger partial charge in [0, 0.05) is 28.4 Å². The number of carbonyl (C=O) groups excluding carboxylic acids is 2. The number of aryl methyl sites for hydroxylation is 2. The van der Waals surface area contributed by atoms with Gasteiger partial charge in [-0.25, -0.2) is 4.79 Å². The van der Waals surface area contributed by atoms with Gasteiger partial charge in [0.1, 0.15) is 0 Å². The first-order chi connectivity index (χ1) is 13.8. The van der Waals surface area contributed by atoms with Crippen molar-refractivity contribution in [3.8, 4) is 0 Å². The molecule has 152 valence electrons. The summed E-state index contributed by atoms with van der Waals surface area (Å²) < 4.78 is 0. The minimum Gasteiger partial charge on any atom is -0.478 e. The Balaban J connectivity index is 2.07. The van der Waals surface area contributed by atoms with E-state index in [1.54, 1.807) is 18.2 Å². The Morgan fingerprint density at radius 3 is 2.31 bits per heavy atom. The normalized spacial score (nSPS) is 11.8. The zero-order chi connectivity index (χ0) is 21.4. The minimum atomic E-state index is -1.19. The number of carboxylic acid groups (broad SMARTS) is 1. The molecule has 0 radical (unpaired) electrons. The molecule has 7 heteroatoms. The summed E-state index contributed by atoms with van der Waals surface area (Å²) in [7, 11) is 0. The monoisotopic (exact) mass is 412 g/mol. The molecule has 0 bridgehead atoms. The standard InChI is InChI=1S/C22H24N2O4S/c1-4-18(22(28)24-21-14(2)7-5-8-15(21)3)29-17-10-6-9-16(13-17)23-19(25)11-12-20(26)27/h5-13,18H,4H2,1-3H3,(H,23,25)(H,24,28)(H,26,27)/b12-11+. The van der Waals surface area contributed by atoms with Crippen molar-refractivity contribution in [1.82, 2.24) is 0 Å². The second-order valence-corrected chi connectivity index (χ2v) is 7.74. The predicted octanol–water partition coefficient (Wildman–Crippen LogP) is 4.39. The van der Waals surface area contributed by atoms with Crippen molar-refractivity contribution in [1.29, 1.82) is 0 Å². The lowest BCUT2D eigenvalue weighted by molar-refractivity contribution is -0.131. The molecule has 0 saturated heterocycles.